The molecule has 0 saturated heterocycles. The van der Waals surface area contributed by atoms with Crippen molar-refractivity contribution in [3.8, 4) is 50.7 Å². The van der Waals surface area contributed by atoms with Crippen LogP contribution in [0.1, 0.15) is 132 Å². The van der Waals surface area contributed by atoms with Gasteiger partial charge in [0.2, 0.25) is 0 Å². The van der Waals surface area contributed by atoms with Gasteiger partial charge in [0.1, 0.15) is 47.3 Å². The normalized spacial score (nSPS) is 13.4. The highest BCUT2D eigenvalue weighted by molar-refractivity contribution is 6.09. The number of pyridine rings is 1. The molecule has 2 aromatic heterocycles. The molecule has 0 bridgehead atoms. The second kappa shape index (κ2) is 20.3. The van der Waals surface area contributed by atoms with E-state index in [9.17, 15) is 0 Å². The average Bonchev–Trinajstić information content (AvgIpc) is 1.98. The van der Waals surface area contributed by atoms with Crippen molar-refractivity contribution in [2.75, 3.05) is 16.5 Å². The molecule has 1 aliphatic rings. The van der Waals surface area contributed by atoms with Gasteiger partial charge in [0, 0.05) is 58.0 Å². The standard InChI is InChI=1S/C74H74F4N4O/c1-70(2,3)47-26-27-79-67(38-47)82-63-21-17-16-20-57(63)58-25-24-55(42-66(58)82)83-56-33-46(68-61(73(10,11)12)36-49(72(7,8)9)37-62(68)74(13,14)15)32-54(41-56)80-43-81(65-23-19-18-22-64(65)80)69-59(44-28-50(75)39-51(76)29-44)34-48(71(4,5)6)35-60(69)45-30-52(77)40-53(78)31-45/h16-42H,43H2,1-15H3. The summed E-state index contributed by atoms with van der Waals surface area (Å²) in [5.74, 6) is -0.933. The number of halogens is 4. The largest absolute Gasteiger partial charge is 0.457 e. The Kier molecular flexibility index (Phi) is 13.9. The number of benzene rings is 8. The molecule has 9 heteroatoms. The van der Waals surface area contributed by atoms with Crippen molar-refractivity contribution >= 4 is 44.6 Å². The quantitative estimate of drug-likeness (QED) is 0.142. The zero-order valence-electron chi connectivity index (χ0n) is 50.5. The molecule has 0 fully saturated rings. The van der Waals surface area contributed by atoms with Crippen LogP contribution in [-0.4, -0.2) is 16.2 Å². The van der Waals surface area contributed by atoms with Gasteiger partial charge in [-0.1, -0.05) is 146 Å². The molecular weight excluding hydrogens is 1040 g/mol. The third-order valence-corrected chi connectivity index (χ3v) is 16.2. The first-order valence-corrected chi connectivity index (χ1v) is 28.7. The number of fused-ring (bicyclic) bond motifs is 4. The lowest BCUT2D eigenvalue weighted by molar-refractivity contribution is 0.483. The van der Waals surface area contributed by atoms with Gasteiger partial charge in [-0.25, -0.2) is 22.5 Å². The van der Waals surface area contributed by atoms with Crippen molar-refractivity contribution in [2.24, 2.45) is 0 Å². The van der Waals surface area contributed by atoms with Crippen LogP contribution in [0, 0.1) is 23.3 Å². The molecular formula is C74H74F4N4O. The van der Waals surface area contributed by atoms with E-state index in [-0.39, 0.29) is 39.5 Å². The molecule has 3 heterocycles. The Bertz CT molecular complexity index is 4050. The minimum absolute atomic E-state index is 0.101. The summed E-state index contributed by atoms with van der Waals surface area (Å²) in [5, 5.41) is 2.17. The van der Waals surface area contributed by atoms with Crippen molar-refractivity contribution < 1.29 is 22.3 Å². The van der Waals surface area contributed by atoms with E-state index in [4.69, 9.17) is 9.72 Å². The third kappa shape index (κ3) is 10.9. The summed E-state index contributed by atoms with van der Waals surface area (Å²) in [7, 11) is 0. The number of nitrogens with zero attached hydrogens (tertiary/aromatic N) is 4. The Morgan fingerprint density at radius 1 is 0.410 bits per heavy atom. The van der Waals surface area contributed by atoms with E-state index in [0.29, 0.717) is 28.3 Å². The fourth-order valence-electron chi connectivity index (χ4n) is 11.8. The second-order valence-electron chi connectivity index (χ2n) is 27.7. The first-order chi connectivity index (χ1) is 38.9. The molecule has 0 atom stereocenters. The highest BCUT2D eigenvalue weighted by Gasteiger charge is 2.36. The maximum atomic E-state index is 15.6. The molecule has 0 spiro atoms. The van der Waals surface area contributed by atoms with Crippen molar-refractivity contribution in [1.29, 1.82) is 0 Å². The van der Waals surface area contributed by atoms with E-state index in [1.54, 1.807) is 0 Å². The number of rotatable bonds is 8. The van der Waals surface area contributed by atoms with Crippen LogP contribution in [0.5, 0.6) is 11.5 Å². The van der Waals surface area contributed by atoms with E-state index in [1.807, 2.05) is 63.4 Å². The lowest BCUT2D eigenvalue weighted by atomic mass is 9.71. The SMILES string of the molecule is CC(C)(C)c1ccnc(-n2c3ccccc3c3ccc(Oc4cc(-c5c(C(C)(C)C)cc(C(C)(C)C)cc5C(C)(C)C)cc(N5CN(c6c(-c7cc(F)cc(F)c7)cc(C(C)(C)C)cc6-c6cc(F)cc(F)c6)c6ccccc65)c4)cc32)c1. The van der Waals surface area contributed by atoms with Crippen LogP contribution in [0.25, 0.3) is 61.0 Å². The lowest BCUT2D eigenvalue weighted by Gasteiger charge is -2.34. The Labute approximate surface area is 487 Å². The Morgan fingerprint density at radius 2 is 0.916 bits per heavy atom. The molecule has 0 aliphatic carbocycles. The minimum atomic E-state index is -0.745. The van der Waals surface area contributed by atoms with Crippen molar-refractivity contribution in [3.05, 3.63) is 215 Å². The summed E-state index contributed by atoms with van der Waals surface area (Å²) in [5.41, 5.74) is 12.9. The van der Waals surface area contributed by atoms with Gasteiger partial charge in [-0.2, -0.15) is 0 Å². The summed E-state index contributed by atoms with van der Waals surface area (Å²) < 4.78 is 71.7. The van der Waals surface area contributed by atoms with Gasteiger partial charge in [-0.15, -0.1) is 0 Å². The van der Waals surface area contributed by atoms with Crippen LogP contribution in [0.2, 0.25) is 0 Å². The van der Waals surface area contributed by atoms with Gasteiger partial charge in [-0.05, 0) is 168 Å². The van der Waals surface area contributed by atoms with E-state index in [2.05, 4.69) is 182 Å². The Morgan fingerprint density at radius 3 is 1.46 bits per heavy atom. The molecule has 83 heavy (non-hydrogen) atoms. The van der Waals surface area contributed by atoms with Gasteiger partial charge in [0.05, 0.1) is 28.1 Å². The molecule has 1 aliphatic heterocycles. The highest BCUT2D eigenvalue weighted by Crippen LogP contribution is 2.54. The molecule has 0 unspecified atom stereocenters. The van der Waals surface area contributed by atoms with E-state index in [1.165, 1.54) is 46.5 Å². The number of hydrogen-bond acceptors (Lipinski definition) is 4. The number of ether oxygens (including phenoxy) is 1. The van der Waals surface area contributed by atoms with Gasteiger partial charge in [-0.3, -0.25) is 4.57 Å². The fourth-order valence-corrected chi connectivity index (χ4v) is 11.8. The van der Waals surface area contributed by atoms with Gasteiger partial charge in [0.25, 0.3) is 0 Å². The Hall–Kier alpha value is -8.17. The smallest absolute Gasteiger partial charge is 0.137 e. The number of para-hydroxylation sites is 3. The zero-order valence-corrected chi connectivity index (χ0v) is 50.5. The lowest BCUT2D eigenvalue weighted by Crippen LogP contribution is -2.25. The highest BCUT2D eigenvalue weighted by atomic mass is 19.1. The monoisotopic (exact) mass is 1110 g/mol. The van der Waals surface area contributed by atoms with Gasteiger partial charge in [0.15, 0.2) is 0 Å². The summed E-state index contributed by atoms with van der Waals surface area (Å²) in [4.78, 5) is 9.28. The molecule has 10 aromatic rings. The Balaban J connectivity index is 1.16. The van der Waals surface area contributed by atoms with Crippen LogP contribution in [0.4, 0.5) is 40.3 Å². The van der Waals surface area contributed by atoms with Crippen LogP contribution in [0.3, 0.4) is 0 Å². The number of anilines is 4. The predicted molar refractivity (Wildman–Crippen MR) is 337 cm³/mol. The minimum Gasteiger partial charge on any atom is -0.457 e. The first-order valence-electron chi connectivity index (χ1n) is 28.7. The summed E-state index contributed by atoms with van der Waals surface area (Å²) in [6, 6.07) is 49.1. The summed E-state index contributed by atoms with van der Waals surface area (Å²) in [6.07, 6.45) is 1.89. The van der Waals surface area contributed by atoms with Crippen LogP contribution in [-0.2, 0) is 27.1 Å². The number of aromatic nitrogens is 2. The molecule has 0 radical (unpaired) electrons. The van der Waals surface area contributed by atoms with Crippen LogP contribution >= 0.6 is 0 Å². The fraction of sp³-hybridized carbons (Fsp3) is 0.284. The summed E-state index contributed by atoms with van der Waals surface area (Å²) >= 11 is 0. The summed E-state index contributed by atoms with van der Waals surface area (Å²) in [6.45, 7) is 33.4. The van der Waals surface area contributed by atoms with Gasteiger partial charge < -0.3 is 14.5 Å². The second-order valence-corrected chi connectivity index (χ2v) is 27.7. The van der Waals surface area contributed by atoms with Crippen molar-refractivity contribution in [2.45, 2.75) is 131 Å². The van der Waals surface area contributed by atoms with Crippen molar-refractivity contribution in [1.82, 2.24) is 9.55 Å². The zero-order chi connectivity index (χ0) is 59.5. The maximum Gasteiger partial charge on any atom is 0.137 e. The molecule has 0 saturated carbocycles. The molecule has 5 nitrogen and oxygen atoms in total. The predicted octanol–water partition coefficient (Wildman–Crippen LogP) is 21.3. The van der Waals surface area contributed by atoms with Crippen LogP contribution < -0.4 is 14.5 Å². The van der Waals surface area contributed by atoms with Crippen molar-refractivity contribution in [3.63, 3.8) is 0 Å². The van der Waals surface area contributed by atoms with E-state index in [0.717, 1.165) is 73.5 Å². The molecule has 0 amide bonds. The topological polar surface area (TPSA) is 33.5 Å². The molecule has 11 rings (SSSR count). The number of hydrogen-bond donors (Lipinski definition) is 0. The van der Waals surface area contributed by atoms with E-state index >= 15 is 17.6 Å². The first kappa shape index (κ1) is 56.7. The van der Waals surface area contributed by atoms with Gasteiger partial charge >= 0.3 is 0 Å². The third-order valence-electron chi connectivity index (χ3n) is 16.2. The van der Waals surface area contributed by atoms with E-state index < -0.39 is 28.7 Å². The molecule has 8 aromatic carbocycles. The average molecular weight is 1110 g/mol. The molecule has 424 valence electrons. The van der Waals surface area contributed by atoms with Crippen LogP contribution in [0.15, 0.2) is 164 Å². The molecule has 0 N–H and O–H groups in total. The maximum absolute atomic E-state index is 15.6.